The van der Waals surface area contributed by atoms with Crippen molar-refractivity contribution >= 4 is 40.6 Å². The lowest BCUT2D eigenvalue weighted by molar-refractivity contribution is -0.384. The molecular weight excluding hydrogens is 506 g/mol. The van der Waals surface area contributed by atoms with Crippen molar-refractivity contribution in [3.05, 3.63) is 110 Å². The van der Waals surface area contributed by atoms with E-state index in [2.05, 4.69) is 22.0 Å². The molecule has 11 heteroatoms. The van der Waals surface area contributed by atoms with Crippen LogP contribution in [-0.4, -0.2) is 22.5 Å². The molecule has 1 aromatic heterocycles. The van der Waals surface area contributed by atoms with Gasteiger partial charge < -0.3 is 20.4 Å². The van der Waals surface area contributed by atoms with Crippen LogP contribution < -0.4 is 16.0 Å². The van der Waals surface area contributed by atoms with Crippen molar-refractivity contribution in [1.29, 1.82) is 5.26 Å². The van der Waals surface area contributed by atoms with Gasteiger partial charge >= 0.3 is 0 Å². The van der Waals surface area contributed by atoms with Crippen LogP contribution in [-0.2, 0) is 9.59 Å². The molecule has 0 radical (unpaired) electrons. The molecule has 0 bridgehead atoms. The van der Waals surface area contributed by atoms with Crippen molar-refractivity contribution < 1.29 is 18.9 Å². The summed E-state index contributed by atoms with van der Waals surface area (Å²) >= 11 is 1.11. The summed E-state index contributed by atoms with van der Waals surface area (Å²) in [6.45, 7) is 3.62. The number of benzene rings is 2. The van der Waals surface area contributed by atoms with Gasteiger partial charge in [-0.3, -0.25) is 19.7 Å². The summed E-state index contributed by atoms with van der Waals surface area (Å²) in [5.41, 5.74) is 2.97. The maximum absolute atomic E-state index is 13.4. The van der Waals surface area contributed by atoms with Crippen molar-refractivity contribution in [3.8, 4) is 6.07 Å². The van der Waals surface area contributed by atoms with E-state index in [0.717, 1.165) is 17.3 Å². The Bertz CT molecular complexity index is 1490. The minimum Gasteiger partial charge on any atom is -0.468 e. The minimum atomic E-state index is -0.777. The summed E-state index contributed by atoms with van der Waals surface area (Å²) in [5.74, 6) is -1.15. The number of aryl methyl sites for hydroxylation is 1. The maximum atomic E-state index is 13.4. The largest absolute Gasteiger partial charge is 0.468 e. The number of nitriles is 1. The number of rotatable bonds is 8. The molecular formula is C27H23N5O5S. The van der Waals surface area contributed by atoms with Crippen LogP contribution in [0.1, 0.15) is 24.2 Å². The van der Waals surface area contributed by atoms with Crippen LogP contribution in [0, 0.1) is 28.4 Å². The number of nitro groups is 1. The van der Waals surface area contributed by atoms with Gasteiger partial charge in [0.2, 0.25) is 5.91 Å². The Morgan fingerprint density at radius 2 is 1.84 bits per heavy atom. The van der Waals surface area contributed by atoms with Crippen LogP contribution in [0.5, 0.6) is 0 Å². The average molecular weight is 530 g/mol. The number of hydrogen-bond acceptors (Lipinski definition) is 8. The molecule has 1 unspecified atom stereocenters. The highest BCUT2D eigenvalue weighted by atomic mass is 32.2. The molecule has 10 nitrogen and oxygen atoms in total. The summed E-state index contributed by atoms with van der Waals surface area (Å²) in [4.78, 5) is 36.3. The lowest BCUT2D eigenvalue weighted by atomic mass is 9.85. The summed E-state index contributed by atoms with van der Waals surface area (Å²) in [7, 11) is 0. The summed E-state index contributed by atoms with van der Waals surface area (Å²) in [6.07, 6.45) is 1.48. The van der Waals surface area contributed by atoms with Gasteiger partial charge in [-0.25, -0.2) is 0 Å². The highest BCUT2D eigenvalue weighted by molar-refractivity contribution is 8.03. The van der Waals surface area contributed by atoms with Crippen molar-refractivity contribution in [1.82, 2.24) is 5.32 Å². The van der Waals surface area contributed by atoms with Gasteiger partial charge in [0.05, 0.1) is 45.1 Å². The van der Waals surface area contributed by atoms with E-state index in [9.17, 15) is 25.0 Å². The van der Waals surface area contributed by atoms with E-state index in [4.69, 9.17) is 4.42 Å². The number of carbonyl (C=O) groups is 2. The number of nitro benzene ring substituents is 1. The number of carbonyl (C=O) groups excluding carboxylic acids is 2. The second kappa shape index (κ2) is 11.5. The number of nitrogens with zero attached hydrogens (tertiary/aromatic N) is 2. The zero-order chi connectivity index (χ0) is 27.2. The van der Waals surface area contributed by atoms with Gasteiger partial charge in [0, 0.05) is 29.2 Å². The zero-order valence-corrected chi connectivity index (χ0v) is 21.3. The monoisotopic (exact) mass is 529 g/mol. The molecule has 0 saturated carbocycles. The van der Waals surface area contributed by atoms with Gasteiger partial charge in [0.25, 0.3) is 11.6 Å². The van der Waals surface area contributed by atoms with Gasteiger partial charge in [-0.15, -0.1) is 0 Å². The highest BCUT2D eigenvalue weighted by Crippen LogP contribution is 2.41. The molecule has 3 aromatic rings. The third-order valence-electron chi connectivity index (χ3n) is 5.82. The molecule has 0 saturated heterocycles. The van der Waals surface area contributed by atoms with Crippen LogP contribution in [0.15, 0.2) is 93.2 Å². The average Bonchev–Trinajstić information content (AvgIpc) is 3.43. The fraction of sp³-hybridized carbons (Fsp3) is 0.148. The second-order valence-corrected chi connectivity index (χ2v) is 9.36. The Kier molecular flexibility index (Phi) is 7.94. The lowest BCUT2D eigenvalue weighted by Gasteiger charge is -2.28. The first-order valence-electron chi connectivity index (χ1n) is 11.5. The van der Waals surface area contributed by atoms with E-state index in [0.29, 0.717) is 33.4 Å². The van der Waals surface area contributed by atoms with Crippen LogP contribution >= 0.6 is 11.8 Å². The molecule has 0 spiro atoms. The minimum absolute atomic E-state index is 0.0482. The van der Waals surface area contributed by atoms with E-state index in [1.807, 2.05) is 25.1 Å². The van der Waals surface area contributed by atoms with E-state index in [1.54, 1.807) is 25.1 Å². The van der Waals surface area contributed by atoms with Crippen molar-refractivity contribution in [3.63, 3.8) is 0 Å². The maximum Gasteiger partial charge on any atom is 0.269 e. The Labute approximate surface area is 222 Å². The number of thioether (sulfide) groups is 1. The van der Waals surface area contributed by atoms with Crippen molar-refractivity contribution in [2.75, 3.05) is 16.4 Å². The summed E-state index contributed by atoms with van der Waals surface area (Å²) in [5, 5.41) is 30.1. The fourth-order valence-corrected chi connectivity index (χ4v) is 4.86. The van der Waals surface area contributed by atoms with Gasteiger partial charge in [-0.1, -0.05) is 30.0 Å². The normalized spacial score (nSPS) is 14.9. The Hall–Kier alpha value is -4.82. The highest BCUT2D eigenvalue weighted by Gasteiger charge is 2.36. The van der Waals surface area contributed by atoms with E-state index in [-0.39, 0.29) is 28.8 Å². The number of furan rings is 1. The quantitative estimate of drug-likeness (QED) is 0.266. The lowest BCUT2D eigenvalue weighted by Crippen LogP contribution is -2.31. The van der Waals surface area contributed by atoms with Gasteiger partial charge in [0.15, 0.2) is 0 Å². The molecule has 4 rings (SSSR count). The van der Waals surface area contributed by atoms with Gasteiger partial charge in [-0.2, -0.15) is 5.26 Å². The Morgan fingerprint density at radius 3 is 2.47 bits per heavy atom. The van der Waals surface area contributed by atoms with Crippen molar-refractivity contribution in [2.24, 2.45) is 0 Å². The Morgan fingerprint density at radius 1 is 1.11 bits per heavy atom. The molecule has 2 heterocycles. The smallest absolute Gasteiger partial charge is 0.269 e. The molecule has 1 aliphatic heterocycles. The molecule has 2 aromatic carbocycles. The molecule has 2 amide bonds. The number of para-hydroxylation sites is 1. The number of amides is 2. The van der Waals surface area contributed by atoms with Crippen LogP contribution in [0.3, 0.4) is 0 Å². The van der Waals surface area contributed by atoms with Crippen LogP contribution in [0.2, 0.25) is 0 Å². The molecule has 192 valence electrons. The number of nitrogens with one attached hydrogen (secondary N) is 3. The summed E-state index contributed by atoms with van der Waals surface area (Å²) < 4.78 is 5.62. The molecule has 38 heavy (non-hydrogen) atoms. The fourth-order valence-electron chi connectivity index (χ4n) is 3.97. The van der Waals surface area contributed by atoms with E-state index in [1.165, 1.54) is 30.5 Å². The van der Waals surface area contributed by atoms with Gasteiger partial charge in [-0.05, 0) is 49.7 Å². The molecule has 1 atom stereocenters. The standard InChI is InChI=1S/C27H23N5O5S/c1-16-6-3-4-7-21(16)31-26(34)24-17(2)29-27(20(14-28)25(24)22-8-5-13-37-22)38-15-23(33)30-18-9-11-19(12-10-18)32(35)36/h3-13,25,29H,15H2,1-2H3,(H,30,33)(H,31,34). The van der Waals surface area contributed by atoms with Gasteiger partial charge in [0.1, 0.15) is 5.76 Å². The van der Waals surface area contributed by atoms with Crippen LogP contribution in [0.25, 0.3) is 0 Å². The molecule has 0 aliphatic carbocycles. The predicted octanol–water partition coefficient (Wildman–Crippen LogP) is 5.20. The zero-order valence-electron chi connectivity index (χ0n) is 20.5. The van der Waals surface area contributed by atoms with E-state index >= 15 is 0 Å². The number of non-ortho nitro benzene ring substituents is 1. The first kappa shape index (κ1) is 26.2. The van der Waals surface area contributed by atoms with E-state index < -0.39 is 10.8 Å². The molecule has 3 N–H and O–H groups in total. The topological polar surface area (TPSA) is 150 Å². The number of hydrogen-bond donors (Lipinski definition) is 3. The third-order valence-corrected chi connectivity index (χ3v) is 6.84. The number of anilines is 2. The summed E-state index contributed by atoms with van der Waals surface area (Å²) in [6, 6.07) is 18.4. The number of allylic oxidation sites excluding steroid dienone is 2. The first-order valence-corrected chi connectivity index (χ1v) is 12.5. The van der Waals surface area contributed by atoms with Crippen molar-refractivity contribution in [2.45, 2.75) is 19.8 Å². The predicted molar refractivity (Wildman–Crippen MR) is 144 cm³/mol. The Balaban J connectivity index is 1.55. The molecule has 1 aliphatic rings. The molecule has 0 fully saturated rings. The number of dihydropyridines is 1. The first-order chi connectivity index (χ1) is 18.3. The van der Waals surface area contributed by atoms with Crippen LogP contribution in [0.4, 0.5) is 17.1 Å². The second-order valence-electron chi connectivity index (χ2n) is 8.38. The third kappa shape index (κ3) is 5.77. The SMILES string of the molecule is CC1=C(C(=O)Nc2ccccc2C)C(c2ccco2)C(C#N)=C(SCC(=O)Nc2ccc([N+](=O)[O-])cc2)N1.